The highest BCUT2D eigenvalue weighted by atomic mass is 16.3. The lowest BCUT2D eigenvalue weighted by Crippen LogP contribution is -2.40. The summed E-state index contributed by atoms with van der Waals surface area (Å²) < 4.78 is 6.99. The van der Waals surface area contributed by atoms with E-state index >= 15 is 0 Å². The highest BCUT2D eigenvalue weighted by Crippen LogP contribution is 2.35. The molecule has 10 heteroatoms. The summed E-state index contributed by atoms with van der Waals surface area (Å²) in [5, 5.41) is 4.66. The summed E-state index contributed by atoms with van der Waals surface area (Å²) in [7, 11) is 13.2. The number of rotatable bonds is 6. The maximum Gasteiger partial charge on any atom is 0.164 e. The van der Waals surface area contributed by atoms with Crippen LogP contribution in [0.5, 0.6) is 0 Å². The summed E-state index contributed by atoms with van der Waals surface area (Å²) in [5.74, 6) is 1.89. The molecule has 0 spiro atoms. The number of hydrogen-bond acceptors (Lipinski definition) is 4. The number of hydrogen-bond donors (Lipinski definition) is 0. The van der Waals surface area contributed by atoms with E-state index in [-0.39, 0.29) is 0 Å². The number of nitrogens with zero attached hydrogens (tertiary/aromatic N) is 3. The molecule has 10 aromatic rings. The number of fused-ring (bicyclic) bond motifs is 4. The molecule has 0 unspecified atom stereocenters. The Balaban J connectivity index is 1.15. The molecule has 0 radical (unpaired) electrons. The molecule has 0 amide bonds. The van der Waals surface area contributed by atoms with E-state index < -0.39 is 0 Å². The van der Waals surface area contributed by atoms with Crippen LogP contribution in [0.2, 0.25) is 0 Å². The zero-order chi connectivity index (χ0) is 40.4. The van der Waals surface area contributed by atoms with Gasteiger partial charge in [0, 0.05) is 27.5 Å². The normalized spacial score (nSPS) is 11.5. The molecule has 4 nitrogen and oxygen atoms in total. The lowest BCUT2D eigenvalue weighted by molar-refractivity contribution is 0.675. The van der Waals surface area contributed by atoms with E-state index in [0.29, 0.717) is 17.5 Å². The van der Waals surface area contributed by atoms with Gasteiger partial charge in [-0.15, -0.1) is 0 Å². The van der Waals surface area contributed by atoms with Crippen molar-refractivity contribution in [2.45, 2.75) is 0 Å². The van der Waals surface area contributed by atoms with Crippen molar-refractivity contribution in [2.24, 2.45) is 0 Å². The Bertz CT molecular complexity index is 3280. The number of aromatic nitrogens is 3. The molecular weight excluding hydrogens is 711 g/mol. The van der Waals surface area contributed by atoms with Gasteiger partial charge in [0.1, 0.15) is 58.2 Å². The summed E-state index contributed by atoms with van der Waals surface area (Å²) in [6, 6.07) is 53.3. The third-order valence-electron chi connectivity index (χ3n) is 12.4. The van der Waals surface area contributed by atoms with Gasteiger partial charge in [-0.2, -0.15) is 0 Å². The Morgan fingerprint density at radius 3 is 1.51 bits per heavy atom. The lowest BCUT2D eigenvalue weighted by atomic mass is 9.66. The Labute approximate surface area is 349 Å². The molecule has 272 valence electrons. The number of benzene rings is 8. The van der Waals surface area contributed by atoms with E-state index in [1.165, 1.54) is 49.4 Å². The highest BCUT2D eigenvalue weighted by Gasteiger charge is 2.26. The quantitative estimate of drug-likeness (QED) is 0.246. The first-order chi connectivity index (χ1) is 28.7. The summed E-state index contributed by atoms with van der Waals surface area (Å²) in [4.78, 5) is 15.8. The van der Waals surface area contributed by atoms with Gasteiger partial charge < -0.3 is 4.42 Å². The highest BCUT2D eigenvalue weighted by molar-refractivity contribution is 6.65. The number of furan rings is 1. The summed E-state index contributed by atoms with van der Waals surface area (Å²) in [6.45, 7) is 0. The minimum absolute atomic E-state index is 0.623. The van der Waals surface area contributed by atoms with Crippen molar-refractivity contribution in [3.8, 4) is 67.5 Å². The van der Waals surface area contributed by atoms with Crippen LogP contribution in [0.1, 0.15) is 0 Å². The molecule has 0 saturated carbocycles. The van der Waals surface area contributed by atoms with Gasteiger partial charge in [-0.25, -0.2) is 15.0 Å². The first-order valence-electron chi connectivity index (χ1n) is 20.3. The Morgan fingerprint density at radius 1 is 0.305 bits per heavy atom. The first kappa shape index (κ1) is 36.6. The van der Waals surface area contributed by atoms with Crippen LogP contribution in [0.15, 0.2) is 156 Å². The Hall–Kier alpha value is -6.78. The fraction of sp³-hybridized carbons (Fsp3) is 0. The van der Waals surface area contributed by atoms with Crippen molar-refractivity contribution in [3.63, 3.8) is 0 Å². The predicted molar refractivity (Wildman–Crippen MR) is 266 cm³/mol. The van der Waals surface area contributed by atoms with Crippen LogP contribution in [0.3, 0.4) is 0 Å². The van der Waals surface area contributed by atoms with E-state index in [1.54, 1.807) is 0 Å². The fourth-order valence-corrected chi connectivity index (χ4v) is 8.86. The van der Waals surface area contributed by atoms with Crippen molar-refractivity contribution in [3.05, 3.63) is 152 Å². The van der Waals surface area contributed by atoms with Crippen molar-refractivity contribution in [2.75, 3.05) is 0 Å². The largest absolute Gasteiger partial charge is 0.457 e. The van der Waals surface area contributed by atoms with Crippen LogP contribution in [0.25, 0.3) is 100 Å². The van der Waals surface area contributed by atoms with E-state index in [0.717, 1.165) is 66.1 Å². The van der Waals surface area contributed by atoms with Gasteiger partial charge >= 0.3 is 0 Å². The molecule has 8 aromatic carbocycles. The second-order valence-electron chi connectivity index (χ2n) is 15.8. The standard InChI is InChI=1S/C49H37B6N3O/c50-39-35(29-11-3-1-4-12-29)42(53)46-37(40(39)51)36-38(41(52)43(54)44(55)45(36)59-46)49-57-47(30-13-5-2-6-14-30)56-48(58-49)34-17-9-16-32(25-34)27-18-20-28(21-19-27)33-23-22-26-10-7-8-15-31(26)24-33/h1-25H,50-55H2. The topological polar surface area (TPSA) is 51.8 Å². The summed E-state index contributed by atoms with van der Waals surface area (Å²) in [6.07, 6.45) is 0. The second kappa shape index (κ2) is 14.6. The average Bonchev–Trinajstić information content (AvgIpc) is 3.69. The van der Waals surface area contributed by atoms with E-state index in [2.05, 4.69) is 181 Å². The molecule has 0 aliphatic carbocycles. The van der Waals surface area contributed by atoms with E-state index in [4.69, 9.17) is 19.4 Å². The van der Waals surface area contributed by atoms with Gasteiger partial charge in [0.2, 0.25) is 0 Å². The molecule has 10 rings (SSSR count). The predicted octanol–water partition coefficient (Wildman–Crippen LogP) is 2.48. The minimum atomic E-state index is 0.623. The van der Waals surface area contributed by atoms with Crippen LogP contribution in [-0.4, -0.2) is 62.0 Å². The van der Waals surface area contributed by atoms with Gasteiger partial charge in [-0.05, 0) is 61.7 Å². The molecular formula is C49H37B6N3O. The van der Waals surface area contributed by atoms with Gasteiger partial charge in [0.05, 0.1) is 0 Å². The minimum Gasteiger partial charge on any atom is -0.457 e. The van der Waals surface area contributed by atoms with Gasteiger partial charge in [0.15, 0.2) is 17.5 Å². The lowest BCUT2D eigenvalue weighted by Gasteiger charge is -2.17. The van der Waals surface area contributed by atoms with Gasteiger partial charge in [0.25, 0.3) is 0 Å². The van der Waals surface area contributed by atoms with Crippen molar-refractivity contribution >= 4 is 113 Å². The molecule has 0 bridgehead atoms. The maximum atomic E-state index is 6.99. The monoisotopic (exact) mass is 749 g/mol. The second-order valence-corrected chi connectivity index (χ2v) is 15.8. The van der Waals surface area contributed by atoms with Gasteiger partial charge in [-0.3, -0.25) is 0 Å². The SMILES string of the molecule is Bc1c(B)c(-c2nc(-c3ccccc3)nc(-c3cccc(-c4ccc(-c5ccc6ccccc6c5)cc4)c3)n2)c2c(oc3c(B)c(-c4ccccc4)c(B)c(B)c32)c1B. The van der Waals surface area contributed by atoms with Crippen LogP contribution >= 0.6 is 0 Å². The van der Waals surface area contributed by atoms with Crippen molar-refractivity contribution in [1.29, 1.82) is 0 Å². The Morgan fingerprint density at radius 2 is 0.814 bits per heavy atom. The zero-order valence-electron chi connectivity index (χ0n) is 34.2. The Kier molecular flexibility index (Phi) is 9.02. The van der Waals surface area contributed by atoms with E-state index in [9.17, 15) is 0 Å². The third kappa shape index (κ3) is 6.22. The molecule has 59 heavy (non-hydrogen) atoms. The molecule has 2 aromatic heterocycles. The van der Waals surface area contributed by atoms with Crippen molar-refractivity contribution in [1.82, 2.24) is 15.0 Å². The van der Waals surface area contributed by atoms with E-state index in [1.807, 2.05) is 18.2 Å². The summed E-state index contributed by atoms with van der Waals surface area (Å²) >= 11 is 0. The average molecular weight is 749 g/mol. The maximum absolute atomic E-state index is 6.99. The fourth-order valence-electron chi connectivity index (χ4n) is 8.86. The molecule has 0 saturated heterocycles. The molecule has 2 heterocycles. The molecule has 0 fully saturated rings. The molecule has 0 aliphatic rings. The zero-order valence-corrected chi connectivity index (χ0v) is 34.2. The molecule has 0 atom stereocenters. The van der Waals surface area contributed by atoms with Crippen LogP contribution in [0, 0.1) is 0 Å². The third-order valence-corrected chi connectivity index (χ3v) is 12.4. The van der Waals surface area contributed by atoms with Crippen molar-refractivity contribution < 1.29 is 4.42 Å². The smallest absolute Gasteiger partial charge is 0.164 e. The summed E-state index contributed by atoms with van der Waals surface area (Å²) in [5.41, 5.74) is 18.7. The first-order valence-corrected chi connectivity index (χ1v) is 20.3. The van der Waals surface area contributed by atoms with Crippen LogP contribution in [-0.2, 0) is 0 Å². The molecule has 0 N–H and O–H groups in total. The van der Waals surface area contributed by atoms with Gasteiger partial charge in [-0.1, -0.05) is 167 Å². The van der Waals surface area contributed by atoms with Crippen LogP contribution in [0.4, 0.5) is 0 Å². The molecule has 0 aliphatic heterocycles. The van der Waals surface area contributed by atoms with Crippen LogP contribution < -0.4 is 32.8 Å².